The number of rotatable bonds is 8. The third kappa shape index (κ3) is 4.51. The van der Waals surface area contributed by atoms with Crippen molar-refractivity contribution in [1.82, 2.24) is 4.90 Å². The Labute approximate surface area is 191 Å². The molecule has 0 spiro atoms. The molecule has 4 bridgehead atoms. The summed E-state index contributed by atoms with van der Waals surface area (Å²) in [5, 5.41) is 0. The zero-order valence-electron chi connectivity index (χ0n) is 19.4. The zero-order chi connectivity index (χ0) is 22.1. The summed E-state index contributed by atoms with van der Waals surface area (Å²) in [4.78, 5) is 15.8. The maximum Gasteiger partial charge on any atom is 0.223 e. The summed E-state index contributed by atoms with van der Waals surface area (Å²) in [6.07, 6.45) is 8.75. The van der Waals surface area contributed by atoms with Crippen molar-refractivity contribution in [1.29, 1.82) is 0 Å². The molecule has 0 atom stereocenters. The molecule has 0 aliphatic heterocycles. The molecule has 32 heavy (non-hydrogen) atoms. The van der Waals surface area contributed by atoms with Gasteiger partial charge in [-0.25, -0.2) is 0 Å². The van der Waals surface area contributed by atoms with Crippen molar-refractivity contribution in [2.24, 2.45) is 23.2 Å². The molecule has 6 rings (SSSR count). The minimum Gasteiger partial charge on any atom is -0.497 e. The molecule has 4 heteroatoms. The van der Waals surface area contributed by atoms with E-state index in [1.807, 2.05) is 24.3 Å². The second-order valence-corrected chi connectivity index (χ2v) is 10.5. The van der Waals surface area contributed by atoms with Crippen LogP contribution in [0.5, 0.6) is 11.5 Å². The van der Waals surface area contributed by atoms with Gasteiger partial charge in [0.2, 0.25) is 5.91 Å². The Kier molecular flexibility index (Phi) is 5.88. The molecule has 4 aliphatic rings. The van der Waals surface area contributed by atoms with Gasteiger partial charge in [0.25, 0.3) is 0 Å². The van der Waals surface area contributed by atoms with E-state index in [0.29, 0.717) is 25.4 Å². The van der Waals surface area contributed by atoms with E-state index in [1.54, 1.807) is 14.2 Å². The molecule has 4 saturated carbocycles. The summed E-state index contributed by atoms with van der Waals surface area (Å²) in [6, 6.07) is 16.2. The van der Waals surface area contributed by atoms with E-state index in [2.05, 4.69) is 29.2 Å². The minimum absolute atomic E-state index is 0.254. The first-order valence-electron chi connectivity index (χ1n) is 12.1. The number of nitrogens with zero attached hydrogens (tertiary/aromatic N) is 1. The third-order valence-corrected chi connectivity index (χ3v) is 8.11. The Morgan fingerprint density at radius 2 is 1.19 bits per heavy atom. The lowest BCUT2D eigenvalue weighted by molar-refractivity contribution is -0.140. The van der Waals surface area contributed by atoms with Crippen molar-refractivity contribution < 1.29 is 14.3 Å². The summed E-state index contributed by atoms with van der Waals surface area (Å²) in [5.41, 5.74) is 2.53. The predicted octanol–water partition coefficient (Wildman–Crippen LogP) is 5.84. The molecule has 1 amide bonds. The van der Waals surface area contributed by atoms with Crippen LogP contribution in [0, 0.1) is 23.2 Å². The molecule has 0 unspecified atom stereocenters. The van der Waals surface area contributed by atoms with Crippen molar-refractivity contribution in [3.8, 4) is 11.5 Å². The van der Waals surface area contributed by atoms with Gasteiger partial charge in [-0.05, 0) is 97.1 Å². The van der Waals surface area contributed by atoms with Crippen molar-refractivity contribution in [2.75, 3.05) is 14.2 Å². The number of methoxy groups -OCH3 is 2. The number of carbonyl (C=O) groups excluding carboxylic acids is 1. The smallest absolute Gasteiger partial charge is 0.223 e. The van der Waals surface area contributed by atoms with E-state index in [-0.39, 0.29) is 5.41 Å². The minimum atomic E-state index is 0.254. The second kappa shape index (κ2) is 8.80. The first kappa shape index (κ1) is 21.4. The van der Waals surface area contributed by atoms with Gasteiger partial charge in [-0.15, -0.1) is 0 Å². The van der Waals surface area contributed by atoms with Crippen LogP contribution in [-0.2, 0) is 17.9 Å². The van der Waals surface area contributed by atoms with Gasteiger partial charge in [-0.1, -0.05) is 24.3 Å². The van der Waals surface area contributed by atoms with Gasteiger partial charge in [0.05, 0.1) is 14.2 Å². The van der Waals surface area contributed by atoms with E-state index in [4.69, 9.17) is 9.47 Å². The fourth-order valence-electron chi connectivity index (χ4n) is 7.07. The number of ether oxygens (including phenoxy) is 2. The SMILES string of the molecule is COc1ccc(CN(Cc2ccc(OC)cc2)C(=O)CC23CC4CC(CC(C4)C2)C3)cc1. The number of hydrogen-bond acceptors (Lipinski definition) is 3. The number of carbonyl (C=O) groups is 1. The van der Waals surface area contributed by atoms with E-state index >= 15 is 0 Å². The summed E-state index contributed by atoms with van der Waals surface area (Å²) >= 11 is 0. The molecular formula is C28H35NO3. The van der Waals surface area contributed by atoms with E-state index in [9.17, 15) is 4.79 Å². The summed E-state index contributed by atoms with van der Waals surface area (Å²) in [7, 11) is 3.36. The fourth-order valence-corrected chi connectivity index (χ4v) is 7.07. The molecule has 0 N–H and O–H groups in total. The van der Waals surface area contributed by atoms with Gasteiger partial charge >= 0.3 is 0 Å². The molecule has 0 heterocycles. The Balaban J connectivity index is 1.34. The Morgan fingerprint density at radius 3 is 1.56 bits per heavy atom. The maximum absolute atomic E-state index is 13.8. The van der Waals surface area contributed by atoms with E-state index in [0.717, 1.165) is 40.4 Å². The van der Waals surface area contributed by atoms with Gasteiger partial charge in [-0.3, -0.25) is 4.79 Å². The number of amides is 1. The number of hydrogen-bond donors (Lipinski definition) is 0. The zero-order valence-corrected chi connectivity index (χ0v) is 19.4. The molecular weight excluding hydrogens is 398 g/mol. The van der Waals surface area contributed by atoms with Crippen molar-refractivity contribution >= 4 is 5.91 Å². The maximum atomic E-state index is 13.8. The molecule has 0 radical (unpaired) electrons. The first-order valence-corrected chi connectivity index (χ1v) is 12.1. The summed E-state index contributed by atoms with van der Waals surface area (Å²) < 4.78 is 10.6. The predicted molar refractivity (Wildman–Crippen MR) is 125 cm³/mol. The van der Waals surface area contributed by atoms with Gasteiger partial charge in [-0.2, -0.15) is 0 Å². The molecule has 2 aromatic carbocycles. The lowest BCUT2D eigenvalue weighted by Crippen LogP contribution is -2.48. The molecule has 4 nitrogen and oxygen atoms in total. The van der Waals surface area contributed by atoms with Crippen LogP contribution in [0.4, 0.5) is 0 Å². The normalized spacial score (nSPS) is 27.9. The van der Waals surface area contributed by atoms with Gasteiger partial charge in [0.1, 0.15) is 11.5 Å². The van der Waals surface area contributed by atoms with Crippen LogP contribution in [0.25, 0.3) is 0 Å². The van der Waals surface area contributed by atoms with Crippen molar-refractivity contribution in [2.45, 2.75) is 58.0 Å². The van der Waals surface area contributed by atoms with Crippen LogP contribution in [-0.4, -0.2) is 25.0 Å². The van der Waals surface area contributed by atoms with Crippen LogP contribution in [0.1, 0.15) is 56.1 Å². The average molecular weight is 434 g/mol. The third-order valence-electron chi connectivity index (χ3n) is 8.11. The van der Waals surface area contributed by atoms with Gasteiger partial charge in [0.15, 0.2) is 0 Å². The molecule has 2 aromatic rings. The fraction of sp³-hybridized carbons (Fsp3) is 0.536. The summed E-state index contributed by atoms with van der Waals surface area (Å²) in [6.45, 7) is 1.25. The highest BCUT2D eigenvalue weighted by molar-refractivity contribution is 5.77. The first-order chi connectivity index (χ1) is 15.5. The van der Waals surface area contributed by atoms with Crippen LogP contribution >= 0.6 is 0 Å². The largest absolute Gasteiger partial charge is 0.497 e. The number of benzene rings is 2. The van der Waals surface area contributed by atoms with Gasteiger partial charge < -0.3 is 14.4 Å². The standard InChI is InChI=1S/C28H35NO3/c1-31-25-7-3-20(4-8-25)18-29(19-21-5-9-26(32-2)10-6-21)27(30)17-28-14-22-11-23(15-28)13-24(12-22)16-28/h3-10,22-24H,11-19H2,1-2H3. The molecule has 0 aromatic heterocycles. The molecule has 4 aliphatic carbocycles. The van der Waals surface area contributed by atoms with Crippen molar-refractivity contribution in [3.05, 3.63) is 59.7 Å². The quantitative estimate of drug-likeness (QED) is 0.525. The Morgan fingerprint density at radius 1 is 0.781 bits per heavy atom. The Bertz CT molecular complexity index is 849. The van der Waals surface area contributed by atoms with Crippen LogP contribution < -0.4 is 9.47 Å². The highest BCUT2D eigenvalue weighted by Crippen LogP contribution is 2.61. The van der Waals surface area contributed by atoms with Crippen molar-refractivity contribution in [3.63, 3.8) is 0 Å². The van der Waals surface area contributed by atoms with Crippen LogP contribution in [0.15, 0.2) is 48.5 Å². The monoisotopic (exact) mass is 433 g/mol. The van der Waals surface area contributed by atoms with E-state index in [1.165, 1.54) is 38.5 Å². The van der Waals surface area contributed by atoms with Crippen LogP contribution in [0.3, 0.4) is 0 Å². The van der Waals surface area contributed by atoms with Gasteiger partial charge in [0, 0.05) is 19.5 Å². The highest BCUT2D eigenvalue weighted by Gasteiger charge is 2.51. The Hall–Kier alpha value is -2.49. The second-order valence-electron chi connectivity index (χ2n) is 10.5. The lowest BCUT2D eigenvalue weighted by atomic mass is 9.49. The topological polar surface area (TPSA) is 38.8 Å². The lowest BCUT2D eigenvalue weighted by Gasteiger charge is -2.57. The highest BCUT2D eigenvalue weighted by atomic mass is 16.5. The molecule has 4 fully saturated rings. The van der Waals surface area contributed by atoms with Crippen LogP contribution in [0.2, 0.25) is 0 Å². The molecule has 0 saturated heterocycles. The average Bonchev–Trinajstić information content (AvgIpc) is 2.78. The summed E-state index contributed by atoms with van der Waals surface area (Å²) in [5.74, 6) is 4.59. The molecule has 170 valence electrons. The van der Waals surface area contributed by atoms with E-state index < -0.39 is 0 Å².